The molecule has 0 bridgehead atoms. The highest BCUT2D eigenvalue weighted by Crippen LogP contribution is 2.34. The van der Waals surface area contributed by atoms with Gasteiger partial charge >= 0.3 is 0 Å². The number of carbonyl (C=O) groups is 3. The number of amides is 3. The number of benzene rings is 2. The largest absolute Gasteiger partial charge is 0.493 e. The van der Waals surface area contributed by atoms with Crippen LogP contribution in [0.5, 0.6) is 11.5 Å². The van der Waals surface area contributed by atoms with Gasteiger partial charge in [-0.2, -0.15) is 0 Å². The molecule has 3 rings (SSSR count). The van der Waals surface area contributed by atoms with Gasteiger partial charge in [0.1, 0.15) is 6.54 Å². The van der Waals surface area contributed by atoms with Crippen LogP contribution in [0, 0.1) is 0 Å². The van der Waals surface area contributed by atoms with E-state index in [9.17, 15) is 14.4 Å². The molecule has 1 N–H and O–H groups in total. The Bertz CT molecular complexity index is 1050. The fraction of sp³-hybridized carbons (Fsp3) is 0.320. The Morgan fingerprint density at radius 3 is 2.52 bits per heavy atom. The van der Waals surface area contributed by atoms with E-state index in [-0.39, 0.29) is 11.4 Å². The number of anilines is 1. The van der Waals surface area contributed by atoms with Crippen molar-refractivity contribution in [2.24, 2.45) is 0 Å². The van der Waals surface area contributed by atoms with Gasteiger partial charge in [0, 0.05) is 5.69 Å². The molecule has 1 aliphatic heterocycles. The van der Waals surface area contributed by atoms with Crippen LogP contribution >= 0.6 is 11.8 Å². The number of nitrogens with zero attached hydrogens (tertiary/aromatic N) is 1. The minimum atomic E-state index is -0.497. The maximum Gasteiger partial charge on any atom is 0.294 e. The second-order valence-corrected chi connectivity index (χ2v) is 8.47. The molecule has 0 atom stereocenters. The molecule has 174 valence electrons. The number of carbonyl (C=O) groups excluding carboxylic acids is 3. The second kappa shape index (κ2) is 11.6. The van der Waals surface area contributed by atoms with Crippen LogP contribution in [0.3, 0.4) is 0 Å². The molecule has 2 aromatic rings. The third-order valence-electron chi connectivity index (χ3n) is 5.06. The highest BCUT2D eigenvalue weighted by molar-refractivity contribution is 8.18. The maximum atomic E-state index is 12.8. The Hall–Kier alpha value is -3.26. The van der Waals surface area contributed by atoms with Gasteiger partial charge < -0.3 is 14.8 Å². The Kier molecular flexibility index (Phi) is 8.54. The van der Waals surface area contributed by atoms with Crippen molar-refractivity contribution in [2.75, 3.05) is 25.6 Å². The molecule has 8 heteroatoms. The number of rotatable bonds is 10. The maximum absolute atomic E-state index is 12.8. The van der Waals surface area contributed by atoms with Gasteiger partial charge in [-0.1, -0.05) is 38.5 Å². The fourth-order valence-electron chi connectivity index (χ4n) is 3.18. The summed E-state index contributed by atoms with van der Waals surface area (Å²) < 4.78 is 11.1. The summed E-state index contributed by atoms with van der Waals surface area (Å²) in [5, 5.41) is 2.25. The highest BCUT2D eigenvalue weighted by atomic mass is 32.2. The molecule has 33 heavy (non-hydrogen) atoms. The molecule has 0 aliphatic carbocycles. The Morgan fingerprint density at radius 2 is 1.85 bits per heavy atom. The molecule has 0 spiro atoms. The van der Waals surface area contributed by atoms with Crippen LogP contribution in [0.25, 0.3) is 6.08 Å². The molecule has 1 aliphatic rings. The van der Waals surface area contributed by atoms with E-state index >= 15 is 0 Å². The van der Waals surface area contributed by atoms with E-state index in [0.29, 0.717) is 29.4 Å². The third-order valence-corrected chi connectivity index (χ3v) is 5.97. The number of hydrogen-bond donors (Lipinski definition) is 1. The second-order valence-electron chi connectivity index (χ2n) is 7.48. The number of ether oxygens (including phenoxy) is 2. The van der Waals surface area contributed by atoms with Crippen molar-refractivity contribution in [2.45, 2.75) is 33.1 Å². The van der Waals surface area contributed by atoms with Crippen LogP contribution in [0.2, 0.25) is 0 Å². The molecule has 3 amide bonds. The van der Waals surface area contributed by atoms with E-state index in [1.54, 1.807) is 43.5 Å². The van der Waals surface area contributed by atoms with E-state index in [4.69, 9.17) is 9.47 Å². The summed E-state index contributed by atoms with van der Waals surface area (Å²) >= 11 is 0.811. The van der Waals surface area contributed by atoms with Crippen LogP contribution < -0.4 is 14.8 Å². The molecule has 0 unspecified atom stereocenters. The third kappa shape index (κ3) is 6.38. The summed E-state index contributed by atoms with van der Waals surface area (Å²) in [4.78, 5) is 38.7. The molecule has 1 heterocycles. The molecule has 2 aromatic carbocycles. The van der Waals surface area contributed by atoms with Gasteiger partial charge in [0.25, 0.3) is 11.1 Å². The van der Waals surface area contributed by atoms with Crippen LogP contribution in [0.4, 0.5) is 10.5 Å². The van der Waals surface area contributed by atoms with E-state index in [2.05, 4.69) is 12.2 Å². The molecule has 0 radical (unpaired) electrons. The van der Waals surface area contributed by atoms with Crippen LogP contribution in [0.15, 0.2) is 47.4 Å². The number of nitrogens with one attached hydrogen (secondary N) is 1. The predicted octanol–water partition coefficient (Wildman–Crippen LogP) is 5.11. The summed E-state index contributed by atoms with van der Waals surface area (Å²) in [5.41, 5.74) is 2.47. The zero-order valence-corrected chi connectivity index (χ0v) is 19.9. The Balaban J connectivity index is 1.66. The van der Waals surface area contributed by atoms with Crippen LogP contribution in [-0.2, 0) is 16.0 Å². The molecule has 7 nitrogen and oxygen atoms in total. The van der Waals surface area contributed by atoms with Crippen molar-refractivity contribution < 1.29 is 23.9 Å². The highest BCUT2D eigenvalue weighted by Gasteiger charge is 2.36. The normalized spacial score (nSPS) is 14.6. The molecular weight excluding hydrogens is 440 g/mol. The molecule has 1 saturated heterocycles. The van der Waals surface area contributed by atoms with Gasteiger partial charge in [-0.25, -0.2) is 0 Å². The fourth-order valence-corrected chi connectivity index (χ4v) is 4.01. The van der Waals surface area contributed by atoms with E-state index in [0.717, 1.165) is 41.5 Å². The first kappa shape index (κ1) is 24.4. The number of thioether (sulfide) groups is 1. The monoisotopic (exact) mass is 468 g/mol. The Labute approximate surface area is 198 Å². The van der Waals surface area contributed by atoms with Crippen molar-refractivity contribution in [3.8, 4) is 11.5 Å². The zero-order chi connectivity index (χ0) is 23.8. The van der Waals surface area contributed by atoms with Crippen molar-refractivity contribution in [1.29, 1.82) is 0 Å². The standard InChI is InChI=1S/C25H28N2O5S/c1-4-6-13-32-20-12-9-18(14-21(20)31-3)15-22-24(29)27(25(30)33-22)16-23(28)26-19-10-7-17(5-2)8-11-19/h7-12,14-15H,4-6,13,16H2,1-3H3,(H,26,28)/b22-15-. The summed E-state index contributed by atoms with van der Waals surface area (Å²) in [6, 6.07) is 12.8. The number of hydrogen-bond acceptors (Lipinski definition) is 6. The molecule has 1 fully saturated rings. The lowest BCUT2D eigenvalue weighted by Gasteiger charge is -2.13. The molecular formula is C25H28N2O5S. The topological polar surface area (TPSA) is 84.9 Å². The van der Waals surface area contributed by atoms with Gasteiger partial charge in [0.2, 0.25) is 5.91 Å². The van der Waals surface area contributed by atoms with E-state index in [1.807, 2.05) is 19.1 Å². The number of unbranched alkanes of at least 4 members (excludes halogenated alkanes) is 1. The van der Waals surface area contributed by atoms with Gasteiger partial charge in [0.05, 0.1) is 18.6 Å². The van der Waals surface area contributed by atoms with Crippen molar-refractivity contribution in [1.82, 2.24) is 4.90 Å². The summed E-state index contributed by atoms with van der Waals surface area (Å²) in [6.45, 7) is 4.39. The SMILES string of the molecule is CCCCOc1ccc(/C=C2\SC(=O)N(CC(=O)Nc3ccc(CC)cc3)C2=O)cc1OC. The van der Waals surface area contributed by atoms with Crippen LogP contribution in [0.1, 0.15) is 37.8 Å². The lowest BCUT2D eigenvalue weighted by molar-refractivity contribution is -0.127. The first-order valence-electron chi connectivity index (χ1n) is 10.9. The average Bonchev–Trinajstić information content (AvgIpc) is 3.07. The Morgan fingerprint density at radius 1 is 1.09 bits per heavy atom. The first-order chi connectivity index (χ1) is 15.9. The first-order valence-corrected chi connectivity index (χ1v) is 11.7. The summed E-state index contributed by atoms with van der Waals surface area (Å²) in [6.07, 6.45) is 4.48. The van der Waals surface area contributed by atoms with E-state index < -0.39 is 17.1 Å². The lowest BCUT2D eigenvalue weighted by Crippen LogP contribution is -2.36. The van der Waals surface area contributed by atoms with Crippen molar-refractivity contribution >= 4 is 40.6 Å². The van der Waals surface area contributed by atoms with Gasteiger partial charge in [0.15, 0.2) is 11.5 Å². The van der Waals surface area contributed by atoms with Crippen molar-refractivity contribution in [3.63, 3.8) is 0 Å². The molecule has 0 aromatic heterocycles. The number of imide groups is 1. The summed E-state index contributed by atoms with van der Waals surface area (Å²) in [5.74, 6) is 0.245. The molecule has 0 saturated carbocycles. The van der Waals surface area contributed by atoms with Crippen LogP contribution in [-0.4, -0.2) is 42.2 Å². The zero-order valence-electron chi connectivity index (χ0n) is 19.1. The van der Waals surface area contributed by atoms with Crippen molar-refractivity contribution in [3.05, 3.63) is 58.5 Å². The predicted molar refractivity (Wildman–Crippen MR) is 131 cm³/mol. The quantitative estimate of drug-likeness (QED) is 0.385. The number of methoxy groups -OCH3 is 1. The average molecular weight is 469 g/mol. The minimum Gasteiger partial charge on any atom is -0.493 e. The van der Waals surface area contributed by atoms with E-state index in [1.165, 1.54) is 0 Å². The van der Waals surface area contributed by atoms with Gasteiger partial charge in [-0.05, 0) is 66.1 Å². The van der Waals surface area contributed by atoms with Gasteiger partial charge in [-0.3, -0.25) is 19.3 Å². The van der Waals surface area contributed by atoms with Gasteiger partial charge in [-0.15, -0.1) is 0 Å². The summed E-state index contributed by atoms with van der Waals surface area (Å²) in [7, 11) is 1.55. The minimum absolute atomic E-state index is 0.252. The number of aryl methyl sites for hydroxylation is 1. The lowest BCUT2D eigenvalue weighted by atomic mass is 10.1. The smallest absolute Gasteiger partial charge is 0.294 e.